The molecule has 0 amide bonds. The predicted molar refractivity (Wildman–Crippen MR) is 69.2 cm³/mol. The number of rotatable bonds is 4. The smallest absolute Gasteiger partial charge is 0.329 e. The fraction of sp³-hybridized carbons (Fsp3) is 0.571. The molecule has 1 aromatic heterocycles. The second-order valence-corrected chi connectivity index (χ2v) is 5.12. The number of carboxylic acid groups (broad SMARTS) is 1. The minimum atomic E-state index is -1.09. The third-order valence-electron chi connectivity index (χ3n) is 3.70. The number of hydrogen-bond acceptors (Lipinski definition) is 3. The van der Waals surface area contributed by atoms with Crippen molar-refractivity contribution in [2.75, 3.05) is 0 Å². The average Bonchev–Trinajstić information content (AvgIpc) is 2.40. The molecule has 4 nitrogen and oxygen atoms in total. The minimum absolute atomic E-state index is 0.279. The van der Waals surface area contributed by atoms with Gasteiger partial charge in [-0.15, -0.1) is 0 Å². The summed E-state index contributed by atoms with van der Waals surface area (Å²) >= 11 is 0. The first-order chi connectivity index (χ1) is 8.63. The zero-order valence-corrected chi connectivity index (χ0v) is 10.7. The summed E-state index contributed by atoms with van der Waals surface area (Å²) in [5.41, 5.74) is -0.522. The lowest BCUT2D eigenvalue weighted by Gasteiger charge is -2.33. The number of carbonyl (C=O) groups is 1. The van der Waals surface area contributed by atoms with Crippen LogP contribution in [0.2, 0.25) is 0 Å². The third-order valence-corrected chi connectivity index (χ3v) is 3.70. The lowest BCUT2D eigenvalue weighted by molar-refractivity contribution is -0.145. The molecular formula is C14H20N2O2. The number of aromatic nitrogens is 1. The molecule has 1 heterocycles. The Balaban J connectivity index is 2.19. The SMILES string of the molecule is CC(NC1CCCCC1)(C(=O)O)c1ccccn1. The van der Waals surface area contributed by atoms with Gasteiger partial charge in [-0.1, -0.05) is 25.3 Å². The van der Waals surface area contributed by atoms with Crippen LogP contribution in [0.4, 0.5) is 0 Å². The van der Waals surface area contributed by atoms with Crippen LogP contribution in [0, 0.1) is 0 Å². The summed E-state index contributed by atoms with van der Waals surface area (Å²) in [6.45, 7) is 1.70. The molecule has 0 bridgehead atoms. The molecule has 2 rings (SSSR count). The van der Waals surface area contributed by atoms with E-state index < -0.39 is 11.5 Å². The Morgan fingerprint density at radius 3 is 2.67 bits per heavy atom. The van der Waals surface area contributed by atoms with Crippen molar-refractivity contribution in [2.45, 2.75) is 50.6 Å². The summed E-state index contributed by atoms with van der Waals surface area (Å²) in [7, 11) is 0. The summed E-state index contributed by atoms with van der Waals surface area (Å²) in [6, 6.07) is 5.67. The molecule has 1 unspecified atom stereocenters. The Bertz CT molecular complexity index is 402. The van der Waals surface area contributed by atoms with Crippen molar-refractivity contribution in [3.8, 4) is 0 Å². The summed E-state index contributed by atoms with van der Waals surface area (Å²) in [4.78, 5) is 15.8. The summed E-state index contributed by atoms with van der Waals surface area (Å²) < 4.78 is 0. The van der Waals surface area contributed by atoms with Crippen molar-refractivity contribution in [3.63, 3.8) is 0 Å². The first-order valence-electron chi connectivity index (χ1n) is 6.55. The number of aliphatic carboxylic acids is 1. The van der Waals surface area contributed by atoms with Crippen molar-refractivity contribution in [2.24, 2.45) is 0 Å². The molecule has 1 aromatic rings. The van der Waals surface area contributed by atoms with Gasteiger partial charge in [0.25, 0.3) is 0 Å². The van der Waals surface area contributed by atoms with Crippen LogP contribution in [0.5, 0.6) is 0 Å². The molecule has 1 aliphatic carbocycles. The maximum atomic E-state index is 11.6. The van der Waals surface area contributed by atoms with E-state index in [0.717, 1.165) is 12.8 Å². The molecule has 1 atom stereocenters. The summed E-state index contributed by atoms with van der Waals surface area (Å²) in [6.07, 6.45) is 7.35. The van der Waals surface area contributed by atoms with Gasteiger partial charge in [0, 0.05) is 12.2 Å². The van der Waals surface area contributed by atoms with Gasteiger partial charge in [-0.3, -0.25) is 10.3 Å². The lowest BCUT2D eigenvalue weighted by Crippen LogP contribution is -2.52. The van der Waals surface area contributed by atoms with Crippen LogP contribution in [0.25, 0.3) is 0 Å². The molecule has 0 radical (unpaired) electrons. The van der Waals surface area contributed by atoms with Gasteiger partial charge in [0.15, 0.2) is 5.54 Å². The number of pyridine rings is 1. The highest BCUT2D eigenvalue weighted by Crippen LogP contribution is 2.25. The molecule has 0 aliphatic heterocycles. The monoisotopic (exact) mass is 248 g/mol. The molecule has 1 saturated carbocycles. The lowest BCUT2D eigenvalue weighted by atomic mass is 9.90. The van der Waals surface area contributed by atoms with Gasteiger partial charge >= 0.3 is 5.97 Å². The fourth-order valence-corrected chi connectivity index (χ4v) is 2.56. The van der Waals surface area contributed by atoms with Crippen LogP contribution in [-0.2, 0) is 10.3 Å². The molecule has 18 heavy (non-hydrogen) atoms. The largest absolute Gasteiger partial charge is 0.480 e. The highest BCUT2D eigenvalue weighted by atomic mass is 16.4. The normalized spacial score (nSPS) is 20.3. The second kappa shape index (κ2) is 5.48. The Morgan fingerprint density at radius 1 is 1.39 bits per heavy atom. The van der Waals surface area contributed by atoms with Gasteiger partial charge in [0.1, 0.15) is 0 Å². The standard InChI is InChI=1S/C14H20N2O2/c1-14(13(17)18,12-9-5-6-10-15-12)16-11-7-3-2-4-8-11/h5-6,9-11,16H,2-4,7-8H2,1H3,(H,17,18). The Kier molecular flexibility index (Phi) is 3.97. The zero-order valence-electron chi connectivity index (χ0n) is 10.7. The van der Waals surface area contributed by atoms with Crippen molar-refractivity contribution in [1.29, 1.82) is 0 Å². The zero-order chi connectivity index (χ0) is 13.0. The minimum Gasteiger partial charge on any atom is -0.480 e. The maximum absolute atomic E-state index is 11.6. The number of carboxylic acids is 1. The summed E-state index contributed by atoms with van der Waals surface area (Å²) in [5, 5.41) is 12.8. The first kappa shape index (κ1) is 13.0. The van der Waals surface area contributed by atoms with E-state index in [2.05, 4.69) is 10.3 Å². The molecule has 0 spiro atoms. The van der Waals surface area contributed by atoms with Gasteiger partial charge in [-0.05, 0) is 31.9 Å². The van der Waals surface area contributed by atoms with E-state index in [1.165, 1.54) is 19.3 Å². The topological polar surface area (TPSA) is 62.2 Å². The van der Waals surface area contributed by atoms with E-state index >= 15 is 0 Å². The third kappa shape index (κ3) is 2.70. The van der Waals surface area contributed by atoms with E-state index in [1.54, 1.807) is 25.3 Å². The van der Waals surface area contributed by atoms with Crippen LogP contribution < -0.4 is 5.32 Å². The number of hydrogen-bond donors (Lipinski definition) is 2. The van der Waals surface area contributed by atoms with Crippen LogP contribution >= 0.6 is 0 Å². The van der Waals surface area contributed by atoms with Crippen LogP contribution in [0.3, 0.4) is 0 Å². The van der Waals surface area contributed by atoms with Crippen molar-refractivity contribution >= 4 is 5.97 Å². The highest BCUT2D eigenvalue weighted by Gasteiger charge is 2.38. The quantitative estimate of drug-likeness (QED) is 0.858. The van der Waals surface area contributed by atoms with Gasteiger partial charge in [-0.25, -0.2) is 4.79 Å². The van der Waals surface area contributed by atoms with Crippen molar-refractivity contribution in [3.05, 3.63) is 30.1 Å². The number of nitrogens with zero attached hydrogens (tertiary/aromatic N) is 1. The average molecular weight is 248 g/mol. The van der Waals surface area contributed by atoms with Crippen LogP contribution in [0.1, 0.15) is 44.7 Å². The molecule has 0 saturated heterocycles. The van der Waals surface area contributed by atoms with Crippen molar-refractivity contribution < 1.29 is 9.90 Å². The van der Waals surface area contributed by atoms with Gasteiger partial charge in [0.2, 0.25) is 0 Å². The Morgan fingerprint density at radius 2 is 2.11 bits per heavy atom. The van der Waals surface area contributed by atoms with E-state index in [9.17, 15) is 9.90 Å². The fourth-order valence-electron chi connectivity index (χ4n) is 2.56. The molecule has 0 aromatic carbocycles. The van der Waals surface area contributed by atoms with Crippen LogP contribution in [0.15, 0.2) is 24.4 Å². The van der Waals surface area contributed by atoms with Gasteiger partial charge < -0.3 is 5.11 Å². The molecule has 4 heteroatoms. The molecule has 1 fully saturated rings. The Hall–Kier alpha value is -1.42. The van der Waals surface area contributed by atoms with E-state index in [4.69, 9.17) is 0 Å². The molecular weight excluding hydrogens is 228 g/mol. The molecule has 1 aliphatic rings. The first-order valence-corrected chi connectivity index (χ1v) is 6.55. The van der Waals surface area contributed by atoms with E-state index in [1.807, 2.05) is 6.07 Å². The maximum Gasteiger partial charge on any atom is 0.329 e. The molecule has 98 valence electrons. The van der Waals surface area contributed by atoms with E-state index in [0.29, 0.717) is 5.69 Å². The van der Waals surface area contributed by atoms with Gasteiger partial charge in [-0.2, -0.15) is 0 Å². The van der Waals surface area contributed by atoms with E-state index in [-0.39, 0.29) is 6.04 Å². The molecule has 2 N–H and O–H groups in total. The summed E-state index contributed by atoms with van der Waals surface area (Å²) in [5.74, 6) is -0.869. The van der Waals surface area contributed by atoms with Crippen molar-refractivity contribution in [1.82, 2.24) is 10.3 Å². The highest BCUT2D eigenvalue weighted by molar-refractivity contribution is 5.79. The van der Waals surface area contributed by atoms with Gasteiger partial charge in [0.05, 0.1) is 5.69 Å². The number of nitrogens with one attached hydrogen (secondary N) is 1. The van der Waals surface area contributed by atoms with Crippen LogP contribution in [-0.4, -0.2) is 22.1 Å². The predicted octanol–water partition coefficient (Wildman–Crippen LogP) is 2.30. The second-order valence-electron chi connectivity index (χ2n) is 5.12. The Labute approximate surface area is 107 Å².